The van der Waals surface area contributed by atoms with E-state index >= 15 is 0 Å². The molecule has 2 heterocycles. The number of benzene rings is 1. The van der Waals surface area contributed by atoms with Gasteiger partial charge in [0.25, 0.3) is 5.69 Å². The maximum absolute atomic E-state index is 11.0. The molecule has 6 nitrogen and oxygen atoms in total. The largest absolute Gasteiger partial charge is 0.302 e. The highest BCUT2D eigenvalue weighted by molar-refractivity contribution is 5.70. The van der Waals surface area contributed by atoms with E-state index in [1.807, 2.05) is 29.7 Å². The normalized spacial score (nSPS) is 12.0. The first-order chi connectivity index (χ1) is 11.0. The molecule has 0 aliphatic carbocycles. The molecule has 0 radical (unpaired) electrons. The topological polar surface area (TPSA) is 84.2 Å². The zero-order valence-corrected chi connectivity index (χ0v) is 12.7. The van der Waals surface area contributed by atoms with Crippen LogP contribution < -0.4 is 0 Å². The summed E-state index contributed by atoms with van der Waals surface area (Å²) in [7, 11) is 0. The zero-order chi connectivity index (χ0) is 16.6. The Morgan fingerprint density at radius 2 is 2.13 bits per heavy atom. The summed E-state index contributed by atoms with van der Waals surface area (Å²) in [5.41, 5.74) is 3.75. The number of hydrogen-bond acceptors (Lipinski definition) is 4. The van der Waals surface area contributed by atoms with Gasteiger partial charge in [-0.3, -0.25) is 10.1 Å². The Morgan fingerprint density at radius 1 is 1.35 bits per heavy atom. The molecular formula is C17H14N4O2. The highest BCUT2D eigenvalue weighted by Gasteiger charge is 2.20. The van der Waals surface area contributed by atoms with E-state index in [4.69, 9.17) is 0 Å². The fourth-order valence-electron chi connectivity index (χ4n) is 2.62. The van der Waals surface area contributed by atoms with E-state index in [1.165, 1.54) is 12.1 Å². The van der Waals surface area contributed by atoms with E-state index < -0.39 is 4.92 Å². The Hall–Kier alpha value is -3.20. The second-order valence-electron chi connectivity index (χ2n) is 5.44. The van der Waals surface area contributed by atoms with E-state index in [-0.39, 0.29) is 11.6 Å². The lowest BCUT2D eigenvalue weighted by Gasteiger charge is -2.07. The van der Waals surface area contributed by atoms with Crippen molar-refractivity contribution in [1.82, 2.24) is 9.38 Å². The molecule has 3 aromatic rings. The van der Waals surface area contributed by atoms with Crippen molar-refractivity contribution in [2.45, 2.75) is 19.8 Å². The lowest BCUT2D eigenvalue weighted by molar-refractivity contribution is -0.384. The summed E-state index contributed by atoms with van der Waals surface area (Å²) >= 11 is 0. The number of nitrogens with zero attached hydrogens (tertiary/aromatic N) is 4. The molecule has 6 heteroatoms. The molecule has 0 spiro atoms. The first kappa shape index (κ1) is 14.7. The fourth-order valence-corrected chi connectivity index (χ4v) is 2.62. The molecule has 0 saturated heterocycles. The van der Waals surface area contributed by atoms with Gasteiger partial charge in [-0.25, -0.2) is 4.98 Å². The van der Waals surface area contributed by atoms with Crippen LogP contribution in [0.2, 0.25) is 0 Å². The molecule has 1 unspecified atom stereocenters. The quantitative estimate of drug-likeness (QED) is 0.543. The number of imidazole rings is 1. The second kappa shape index (κ2) is 5.54. The summed E-state index contributed by atoms with van der Waals surface area (Å²) in [5.74, 6) is -0.388. The van der Waals surface area contributed by atoms with E-state index in [2.05, 4.69) is 11.1 Å². The summed E-state index contributed by atoms with van der Waals surface area (Å²) in [4.78, 5) is 15.2. The van der Waals surface area contributed by atoms with Crippen molar-refractivity contribution in [2.24, 2.45) is 0 Å². The second-order valence-corrected chi connectivity index (χ2v) is 5.44. The average molecular weight is 306 g/mol. The van der Waals surface area contributed by atoms with Crippen molar-refractivity contribution >= 4 is 11.3 Å². The molecule has 0 fully saturated rings. The molecule has 23 heavy (non-hydrogen) atoms. The molecule has 3 rings (SSSR count). The zero-order valence-electron chi connectivity index (χ0n) is 12.7. The summed E-state index contributed by atoms with van der Waals surface area (Å²) in [6.07, 6.45) is 1.92. The molecule has 0 saturated carbocycles. The molecule has 1 aromatic carbocycles. The van der Waals surface area contributed by atoms with E-state index in [1.54, 1.807) is 19.1 Å². The summed E-state index contributed by atoms with van der Waals surface area (Å²) in [6, 6.07) is 12.4. The predicted octanol–water partition coefficient (Wildman–Crippen LogP) is 3.85. The lowest BCUT2D eigenvalue weighted by atomic mass is 10.0. The molecule has 0 N–H and O–H groups in total. The Morgan fingerprint density at radius 3 is 2.83 bits per heavy atom. The first-order valence-electron chi connectivity index (χ1n) is 7.14. The Bertz CT molecular complexity index is 953. The van der Waals surface area contributed by atoms with Gasteiger partial charge >= 0.3 is 0 Å². The Kier molecular flexibility index (Phi) is 3.54. The average Bonchev–Trinajstić information content (AvgIpc) is 2.92. The van der Waals surface area contributed by atoms with Gasteiger partial charge in [-0.15, -0.1) is 0 Å². The SMILES string of the molecule is Cc1ccc2nc(-c3cccc([N+](=O)[O-])c3)c(C(C)C#N)n2c1. The minimum Gasteiger partial charge on any atom is -0.302 e. The van der Waals surface area contributed by atoms with Crippen molar-refractivity contribution < 1.29 is 4.92 Å². The van der Waals surface area contributed by atoms with Gasteiger partial charge in [0.15, 0.2) is 0 Å². The van der Waals surface area contributed by atoms with Gasteiger partial charge in [0.2, 0.25) is 0 Å². The van der Waals surface area contributed by atoms with E-state index in [0.29, 0.717) is 16.9 Å². The first-order valence-corrected chi connectivity index (χ1v) is 7.14. The van der Waals surface area contributed by atoms with E-state index in [9.17, 15) is 15.4 Å². The van der Waals surface area contributed by atoms with Crippen LogP contribution in [0.3, 0.4) is 0 Å². The molecule has 1 atom stereocenters. The molecule has 0 aliphatic rings. The number of nitro groups is 1. The molecule has 0 amide bonds. The summed E-state index contributed by atoms with van der Waals surface area (Å²) in [5, 5.41) is 20.4. The van der Waals surface area contributed by atoms with Crippen LogP contribution in [0.5, 0.6) is 0 Å². The van der Waals surface area contributed by atoms with Crippen LogP contribution in [0.15, 0.2) is 42.6 Å². The monoisotopic (exact) mass is 306 g/mol. The number of non-ortho nitro benzene ring substituents is 1. The minimum atomic E-state index is -0.434. The third kappa shape index (κ3) is 2.53. The van der Waals surface area contributed by atoms with Crippen LogP contribution in [0.1, 0.15) is 24.1 Å². The fraction of sp³-hybridized carbons (Fsp3) is 0.176. The summed E-state index contributed by atoms with van der Waals surface area (Å²) < 4.78 is 1.89. The van der Waals surface area contributed by atoms with Crippen LogP contribution >= 0.6 is 0 Å². The van der Waals surface area contributed by atoms with Gasteiger partial charge in [0.1, 0.15) is 5.65 Å². The smallest absolute Gasteiger partial charge is 0.270 e. The van der Waals surface area contributed by atoms with Gasteiger partial charge in [0.05, 0.1) is 28.3 Å². The van der Waals surface area contributed by atoms with Crippen molar-refractivity contribution in [3.05, 3.63) is 64.0 Å². The highest BCUT2D eigenvalue weighted by Crippen LogP contribution is 2.31. The molecule has 0 aliphatic heterocycles. The number of fused-ring (bicyclic) bond motifs is 1. The minimum absolute atomic E-state index is 0.00583. The highest BCUT2D eigenvalue weighted by atomic mass is 16.6. The van der Waals surface area contributed by atoms with Gasteiger partial charge in [-0.05, 0) is 25.5 Å². The van der Waals surface area contributed by atoms with Crippen LogP contribution in [0.25, 0.3) is 16.9 Å². The van der Waals surface area contributed by atoms with Crippen LogP contribution in [0, 0.1) is 28.4 Å². The predicted molar refractivity (Wildman–Crippen MR) is 86.0 cm³/mol. The van der Waals surface area contributed by atoms with Crippen molar-refractivity contribution in [1.29, 1.82) is 5.26 Å². The van der Waals surface area contributed by atoms with Crippen LogP contribution in [0.4, 0.5) is 5.69 Å². The van der Waals surface area contributed by atoms with Crippen LogP contribution in [-0.2, 0) is 0 Å². The van der Waals surface area contributed by atoms with Gasteiger partial charge < -0.3 is 4.40 Å². The molecule has 114 valence electrons. The number of aromatic nitrogens is 2. The molecular weight excluding hydrogens is 292 g/mol. The Labute approximate surface area is 132 Å². The number of nitriles is 1. The standard InChI is InChI=1S/C17H14N4O2/c1-11-6-7-15-19-16(17(12(2)9-18)20(15)10-11)13-4-3-5-14(8-13)21(22)23/h3-8,10,12H,1-2H3. The number of hydrogen-bond donors (Lipinski definition) is 0. The number of rotatable bonds is 3. The lowest BCUT2D eigenvalue weighted by Crippen LogP contribution is -1.99. The summed E-state index contributed by atoms with van der Waals surface area (Å²) in [6.45, 7) is 3.76. The van der Waals surface area contributed by atoms with Crippen molar-refractivity contribution in [2.75, 3.05) is 0 Å². The molecule has 0 bridgehead atoms. The van der Waals surface area contributed by atoms with Gasteiger partial charge in [-0.2, -0.15) is 5.26 Å². The maximum atomic E-state index is 11.0. The van der Waals surface area contributed by atoms with Crippen molar-refractivity contribution in [3.8, 4) is 17.3 Å². The van der Waals surface area contributed by atoms with Gasteiger partial charge in [-0.1, -0.05) is 18.2 Å². The molecule has 2 aromatic heterocycles. The van der Waals surface area contributed by atoms with E-state index in [0.717, 1.165) is 11.3 Å². The number of pyridine rings is 1. The number of aryl methyl sites for hydroxylation is 1. The van der Waals surface area contributed by atoms with Crippen LogP contribution in [-0.4, -0.2) is 14.3 Å². The van der Waals surface area contributed by atoms with Crippen molar-refractivity contribution in [3.63, 3.8) is 0 Å². The maximum Gasteiger partial charge on any atom is 0.270 e. The number of nitro benzene ring substituents is 1. The Balaban J connectivity index is 2.31. The third-order valence-electron chi connectivity index (χ3n) is 3.74. The third-order valence-corrected chi connectivity index (χ3v) is 3.74. The van der Waals surface area contributed by atoms with Gasteiger partial charge in [0, 0.05) is 23.9 Å².